The molecule has 26 heavy (non-hydrogen) atoms. The third kappa shape index (κ3) is 5.41. The topological polar surface area (TPSA) is 82.3 Å². The van der Waals surface area contributed by atoms with Crippen LogP contribution in [0.3, 0.4) is 0 Å². The van der Waals surface area contributed by atoms with Crippen LogP contribution in [0.1, 0.15) is 32.1 Å². The normalized spacial score (nSPS) is 19.9. The third-order valence-corrected chi connectivity index (χ3v) is 4.67. The number of rotatable bonds is 8. The van der Waals surface area contributed by atoms with Crippen molar-refractivity contribution in [2.75, 3.05) is 25.6 Å². The maximum Gasteiger partial charge on any atom is 0.223 e. The molecule has 0 aliphatic heterocycles. The van der Waals surface area contributed by atoms with Crippen molar-refractivity contribution >= 4 is 5.95 Å². The molecule has 6 heteroatoms. The lowest BCUT2D eigenvalue weighted by molar-refractivity contribution is 0.172. The van der Waals surface area contributed by atoms with Gasteiger partial charge >= 0.3 is 0 Å². The monoisotopic (exact) mass is 356 g/mol. The highest BCUT2D eigenvalue weighted by atomic mass is 16.5. The van der Waals surface area contributed by atoms with E-state index >= 15 is 0 Å². The predicted molar refractivity (Wildman–Crippen MR) is 103 cm³/mol. The highest BCUT2D eigenvalue weighted by Crippen LogP contribution is 2.23. The van der Waals surface area contributed by atoms with Crippen LogP contribution in [0.25, 0.3) is 11.3 Å². The fourth-order valence-corrected chi connectivity index (χ4v) is 3.15. The van der Waals surface area contributed by atoms with E-state index in [0.29, 0.717) is 31.2 Å². The summed E-state index contributed by atoms with van der Waals surface area (Å²) in [6.45, 7) is 1.36. The summed E-state index contributed by atoms with van der Waals surface area (Å²) in [6.07, 6.45) is 6.94. The van der Waals surface area contributed by atoms with Gasteiger partial charge in [0.1, 0.15) is 5.75 Å². The van der Waals surface area contributed by atoms with Crippen molar-refractivity contribution in [1.82, 2.24) is 9.97 Å². The maximum absolute atomic E-state index is 5.97. The first kappa shape index (κ1) is 18.6. The van der Waals surface area contributed by atoms with Gasteiger partial charge in [0.15, 0.2) is 0 Å². The van der Waals surface area contributed by atoms with Crippen LogP contribution in [0.2, 0.25) is 0 Å². The Morgan fingerprint density at radius 3 is 2.58 bits per heavy atom. The predicted octanol–water partition coefficient (Wildman–Crippen LogP) is 3.24. The summed E-state index contributed by atoms with van der Waals surface area (Å²) in [7, 11) is 1.70. The summed E-state index contributed by atoms with van der Waals surface area (Å²) in [6, 6.07) is 10.7. The van der Waals surface area contributed by atoms with Gasteiger partial charge in [-0.25, -0.2) is 9.97 Å². The zero-order chi connectivity index (χ0) is 18.2. The van der Waals surface area contributed by atoms with E-state index in [9.17, 15) is 0 Å². The number of anilines is 1. The molecule has 0 unspecified atom stereocenters. The molecule has 1 aliphatic carbocycles. The van der Waals surface area contributed by atoms with Crippen molar-refractivity contribution in [3.63, 3.8) is 0 Å². The van der Waals surface area contributed by atoms with Crippen LogP contribution in [-0.2, 0) is 4.74 Å². The molecule has 0 amide bonds. The Labute approximate surface area is 155 Å². The smallest absolute Gasteiger partial charge is 0.223 e. The molecule has 1 aromatic carbocycles. The third-order valence-electron chi connectivity index (χ3n) is 4.67. The number of nitrogens with two attached hydrogens (primary N) is 1. The summed E-state index contributed by atoms with van der Waals surface area (Å²) in [4.78, 5) is 9.03. The van der Waals surface area contributed by atoms with E-state index in [1.807, 2.05) is 30.3 Å². The van der Waals surface area contributed by atoms with Gasteiger partial charge in [0.25, 0.3) is 0 Å². The molecule has 1 saturated carbocycles. The Balaban J connectivity index is 1.58. The van der Waals surface area contributed by atoms with Crippen LogP contribution < -0.4 is 15.8 Å². The standard InChI is InChI=1S/C20H28N4O2/c1-25-13-2-14-26-18-9-3-15(4-10-18)19-11-12-22-20(24-19)23-17-7-5-16(21)6-8-17/h3-4,9-12,16-17H,2,5-8,13-14,21H2,1H3,(H,22,23,24). The minimum absolute atomic E-state index is 0.343. The Kier molecular flexibility index (Phi) is 6.80. The maximum atomic E-state index is 5.97. The van der Waals surface area contributed by atoms with Crippen LogP contribution in [-0.4, -0.2) is 42.4 Å². The quantitative estimate of drug-likeness (QED) is 0.707. The summed E-state index contributed by atoms with van der Waals surface area (Å²) >= 11 is 0. The number of nitrogens with zero attached hydrogens (tertiary/aromatic N) is 2. The molecule has 1 heterocycles. The van der Waals surface area contributed by atoms with Gasteiger partial charge in [0.05, 0.1) is 12.3 Å². The summed E-state index contributed by atoms with van der Waals surface area (Å²) in [5, 5.41) is 3.45. The van der Waals surface area contributed by atoms with Gasteiger partial charge in [0, 0.05) is 44.0 Å². The number of nitrogens with one attached hydrogen (secondary N) is 1. The molecule has 1 fully saturated rings. The van der Waals surface area contributed by atoms with Crippen LogP contribution in [0.15, 0.2) is 36.5 Å². The molecule has 3 rings (SSSR count). The van der Waals surface area contributed by atoms with Crippen molar-refractivity contribution in [2.24, 2.45) is 5.73 Å². The van der Waals surface area contributed by atoms with Crippen molar-refractivity contribution in [1.29, 1.82) is 0 Å². The Hall–Kier alpha value is -2.18. The molecule has 140 valence electrons. The highest BCUT2D eigenvalue weighted by Gasteiger charge is 2.19. The highest BCUT2D eigenvalue weighted by molar-refractivity contribution is 5.61. The first-order valence-corrected chi connectivity index (χ1v) is 9.32. The van der Waals surface area contributed by atoms with E-state index in [-0.39, 0.29) is 0 Å². The minimum atomic E-state index is 0.343. The van der Waals surface area contributed by atoms with Gasteiger partial charge in [-0.15, -0.1) is 0 Å². The summed E-state index contributed by atoms with van der Waals surface area (Å²) < 4.78 is 10.7. The van der Waals surface area contributed by atoms with Crippen LogP contribution in [0.4, 0.5) is 5.95 Å². The average molecular weight is 356 g/mol. The van der Waals surface area contributed by atoms with Gasteiger partial charge in [-0.1, -0.05) is 0 Å². The SMILES string of the molecule is COCCCOc1ccc(-c2ccnc(NC3CCC(N)CC3)n2)cc1. The van der Waals surface area contributed by atoms with E-state index in [1.54, 1.807) is 13.3 Å². The zero-order valence-corrected chi connectivity index (χ0v) is 15.4. The molecule has 1 aliphatic rings. The number of hydrogen-bond donors (Lipinski definition) is 2. The van der Waals surface area contributed by atoms with E-state index in [1.165, 1.54) is 0 Å². The van der Waals surface area contributed by atoms with Crippen LogP contribution in [0.5, 0.6) is 5.75 Å². The molecular formula is C20H28N4O2. The van der Waals surface area contributed by atoms with E-state index in [4.69, 9.17) is 15.2 Å². The fourth-order valence-electron chi connectivity index (χ4n) is 3.15. The van der Waals surface area contributed by atoms with Crippen molar-refractivity contribution in [3.8, 4) is 17.0 Å². The number of aromatic nitrogens is 2. The lowest BCUT2D eigenvalue weighted by atomic mass is 9.92. The second kappa shape index (κ2) is 9.50. The molecule has 2 aromatic rings. The zero-order valence-electron chi connectivity index (χ0n) is 15.4. The lowest BCUT2D eigenvalue weighted by Gasteiger charge is -2.26. The number of hydrogen-bond acceptors (Lipinski definition) is 6. The summed E-state index contributed by atoms with van der Waals surface area (Å²) in [5.41, 5.74) is 7.92. The van der Waals surface area contributed by atoms with E-state index in [0.717, 1.165) is 49.1 Å². The number of benzene rings is 1. The van der Waals surface area contributed by atoms with Crippen molar-refractivity contribution in [2.45, 2.75) is 44.2 Å². The second-order valence-corrected chi connectivity index (χ2v) is 6.74. The van der Waals surface area contributed by atoms with Gasteiger partial charge in [0.2, 0.25) is 5.95 Å². The van der Waals surface area contributed by atoms with Gasteiger partial charge in [-0.2, -0.15) is 0 Å². The molecular weight excluding hydrogens is 328 g/mol. The molecule has 0 atom stereocenters. The van der Waals surface area contributed by atoms with Gasteiger partial charge in [-0.3, -0.25) is 0 Å². The molecule has 0 radical (unpaired) electrons. The van der Waals surface area contributed by atoms with Crippen LogP contribution >= 0.6 is 0 Å². The van der Waals surface area contributed by atoms with Crippen molar-refractivity contribution < 1.29 is 9.47 Å². The molecule has 3 N–H and O–H groups in total. The number of ether oxygens (including phenoxy) is 2. The van der Waals surface area contributed by atoms with E-state index in [2.05, 4.69) is 15.3 Å². The molecule has 0 bridgehead atoms. The minimum Gasteiger partial charge on any atom is -0.494 e. The molecule has 6 nitrogen and oxygen atoms in total. The molecule has 1 aromatic heterocycles. The lowest BCUT2D eigenvalue weighted by Crippen LogP contribution is -2.33. The van der Waals surface area contributed by atoms with Gasteiger partial charge < -0.3 is 20.5 Å². The Morgan fingerprint density at radius 2 is 1.85 bits per heavy atom. The second-order valence-electron chi connectivity index (χ2n) is 6.74. The van der Waals surface area contributed by atoms with Crippen molar-refractivity contribution in [3.05, 3.63) is 36.5 Å². The largest absolute Gasteiger partial charge is 0.494 e. The molecule has 0 saturated heterocycles. The van der Waals surface area contributed by atoms with Gasteiger partial charge in [-0.05, 0) is 56.0 Å². The first-order chi connectivity index (χ1) is 12.7. The average Bonchev–Trinajstić information content (AvgIpc) is 2.68. The van der Waals surface area contributed by atoms with E-state index < -0.39 is 0 Å². The summed E-state index contributed by atoms with van der Waals surface area (Å²) in [5.74, 6) is 1.54. The first-order valence-electron chi connectivity index (χ1n) is 9.32. The molecule has 0 spiro atoms. The Morgan fingerprint density at radius 1 is 1.08 bits per heavy atom. The number of methoxy groups -OCH3 is 1. The fraction of sp³-hybridized carbons (Fsp3) is 0.500. The van der Waals surface area contributed by atoms with Crippen LogP contribution in [0, 0.1) is 0 Å². The Bertz CT molecular complexity index is 670.